The minimum Gasteiger partial charge on any atom is -0.370 e. The first kappa shape index (κ1) is 16.4. The lowest BCUT2D eigenvalue weighted by Crippen LogP contribution is -2.05. The molecule has 0 atom stereocenters. The van der Waals surface area contributed by atoms with Crippen molar-refractivity contribution in [1.29, 1.82) is 5.26 Å². The molecule has 0 fully saturated rings. The van der Waals surface area contributed by atoms with Crippen molar-refractivity contribution in [1.82, 2.24) is 15.2 Å². The van der Waals surface area contributed by atoms with Crippen LogP contribution in [0.3, 0.4) is 0 Å². The lowest BCUT2D eigenvalue weighted by molar-refractivity contribution is -0.384. The van der Waals surface area contributed by atoms with Crippen LogP contribution in [0.1, 0.15) is 23.2 Å². The number of hydrogen-bond donors (Lipinski definition) is 2. The summed E-state index contributed by atoms with van der Waals surface area (Å²) in [6, 6.07) is 8.04. The number of aromatic amines is 1. The Labute approximate surface area is 143 Å². The summed E-state index contributed by atoms with van der Waals surface area (Å²) in [5.41, 5.74) is 3.11. The summed E-state index contributed by atoms with van der Waals surface area (Å²) in [6.07, 6.45) is 3.60. The van der Waals surface area contributed by atoms with Gasteiger partial charge in [0.1, 0.15) is 5.82 Å². The second kappa shape index (κ2) is 6.97. The predicted molar refractivity (Wildman–Crippen MR) is 93.2 cm³/mol. The van der Waals surface area contributed by atoms with Gasteiger partial charge in [-0.3, -0.25) is 15.2 Å². The summed E-state index contributed by atoms with van der Waals surface area (Å²) in [6.45, 7) is 2.68. The van der Waals surface area contributed by atoms with Gasteiger partial charge in [0.15, 0.2) is 0 Å². The summed E-state index contributed by atoms with van der Waals surface area (Å²) in [5.74, 6) is 0.585. The van der Waals surface area contributed by atoms with Crippen molar-refractivity contribution in [2.24, 2.45) is 0 Å². The third-order valence-corrected chi connectivity index (χ3v) is 3.99. The average Bonchev–Trinajstić information content (AvgIpc) is 3.02. The number of rotatable bonds is 6. The molecule has 126 valence electrons. The van der Waals surface area contributed by atoms with E-state index in [1.54, 1.807) is 12.1 Å². The second-order valence-electron chi connectivity index (χ2n) is 5.68. The summed E-state index contributed by atoms with van der Waals surface area (Å²) < 4.78 is 0. The fraction of sp³-hybridized carbons (Fsp3) is 0.235. The zero-order valence-corrected chi connectivity index (χ0v) is 13.6. The number of anilines is 1. The molecule has 2 heterocycles. The van der Waals surface area contributed by atoms with E-state index in [1.165, 1.54) is 17.7 Å². The maximum absolute atomic E-state index is 10.9. The van der Waals surface area contributed by atoms with Crippen LogP contribution in [-0.4, -0.2) is 26.6 Å². The third-order valence-electron chi connectivity index (χ3n) is 3.99. The van der Waals surface area contributed by atoms with Gasteiger partial charge < -0.3 is 5.32 Å². The van der Waals surface area contributed by atoms with E-state index in [-0.39, 0.29) is 5.69 Å². The molecular formula is C17H16N6O2. The van der Waals surface area contributed by atoms with E-state index in [0.29, 0.717) is 28.8 Å². The Bertz CT molecular complexity index is 973. The summed E-state index contributed by atoms with van der Waals surface area (Å²) in [7, 11) is 0. The maximum atomic E-state index is 10.9. The number of nitro groups is 1. The van der Waals surface area contributed by atoms with Gasteiger partial charge in [-0.1, -0.05) is 0 Å². The molecule has 2 aromatic heterocycles. The predicted octanol–water partition coefficient (Wildman–Crippen LogP) is 3.09. The Morgan fingerprint density at radius 2 is 2.24 bits per heavy atom. The van der Waals surface area contributed by atoms with Crippen molar-refractivity contribution in [3.05, 3.63) is 57.4 Å². The van der Waals surface area contributed by atoms with Crippen LogP contribution in [0.15, 0.2) is 30.5 Å². The van der Waals surface area contributed by atoms with Crippen molar-refractivity contribution in [3.63, 3.8) is 0 Å². The summed E-state index contributed by atoms with van der Waals surface area (Å²) >= 11 is 0. The van der Waals surface area contributed by atoms with Crippen molar-refractivity contribution in [2.45, 2.75) is 19.8 Å². The first-order valence-corrected chi connectivity index (χ1v) is 7.80. The van der Waals surface area contributed by atoms with Crippen LogP contribution in [0.2, 0.25) is 0 Å². The van der Waals surface area contributed by atoms with Crippen LogP contribution < -0.4 is 5.32 Å². The largest absolute Gasteiger partial charge is 0.370 e. The molecule has 3 aromatic rings. The van der Waals surface area contributed by atoms with E-state index >= 15 is 0 Å². The van der Waals surface area contributed by atoms with Gasteiger partial charge in [0, 0.05) is 29.8 Å². The molecule has 0 saturated heterocycles. The monoisotopic (exact) mass is 336 g/mol. The average molecular weight is 336 g/mol. The number of nitrogens with one attached hydrogen (secondary N) is 2. The molecule has 0 saturated carbocycles. The summed E-state index contributed by atoms with van der Waals surface area (Å²) in [4.78, 5) is 14.8. The molecule has 0 aliphatic rings. The molecule has 0 radical (unpaired) electrons. The number of aromatic nitrogens is 3. The molecule has 0 spiro atoms. The minimum absolute atomic E-state index is 0.0537. The molecule has 1 aromatic carbocycles. The molecule has 8 heteroatoms. The van der Waals surface area contributed by atoms with Crippen LogP contribution in [0.25, 0.3) is 10.9 Å². The van der Waals surface area contributed by atoms with E-state index in [9.17, 15) is 15.4 Å². The Morgan fingerprint density at radius 1 is 1.40 bits per heavy atom. The first-order valence-electron chi connectivity index (χ1n) is 7.80. The van der Waals surface area contributed by atoms with Gasteiger partial charge in [-0.2, -0.15) is 10.4 Å². The van der Waals surface area contributed by atoms with Gasteiger partial charge in [-0.25, -0.2) is 4.98 Å². The molecule has 2 N–H and O–H groups in total. The van der Waals surface area contributed by atoms with E-state index in [4.69, 9.17) is 0 Å². The molecule has 0 aliphatic carbocycles. The lowest BCUT2D eigenvalue weighted by Gasteiger charge is -2.08. The smallest absolute Gasteiger partial charge is 0.270 e. The van der Waals surface area contributed by atoms with Gasteiger partial charge >= 0.3 is 0 Å². The van der Waals surface area contributed by atoms with Gasteiger partial charge in [0.05, 0.1) is 28.3 Å². The topological polar surface area (TPSA) is 121 Å². The number of H-pyrrole nitrogens is 1. The quantitative estimate of drug-likeness (QED) is 0.405. The van der Waals surface area contributed by atoms with Crippen molar-refractivity contribution in [3.8, 4) is 6.07 Å². The number of pyridine rings is 1. The number of hydrogen-bond acceptors (Lipinski definition) is 6. The van der Waals surface area contributed by atoms with Crippen molar-refractivity contribution < 1.29 is 4.92 Å². The Balaban J connectivity index is 1.74. The van der Waals surface area contributed by atoms with Crippen LogP contribution >= 0.6 is 0 Å². The second-order valence-corrected chi connectivity index (χ2v) is 5.68. The maximum Gasteiger partial charge on any atom is 0.270 e. The van der Waals surface area contributed by atoms with Gasteiger partial charge in [-0.15, -0.1) is 0 Å². The fourth-order valence-electron chi connectivity index (χ4n) is 2.63. The van der Waals surface area contributed by atoms with Crippen LogP contribution in [-0.2, 0) is 6.42 Å². The van der Waals surface area contributed by atoms with Crippen LogP contribution in [0.5, 0.6) is 0 Å². The molecule has 25 heavy (non-hydrogen) atoms. The normalized spacial score (nSPS) is 10.6. The zero-order valence-electron chi connectivity index (χ0n) is 13.6. The highest BCUT2D eigenvalue weighted by Gasteiger charge is 2.11. The van der Waals surface area contributed by atoms with Gasteiger partial charge in [-0.05, 0) is 37.5 Å². The molecule has 0 unspecified atom stereocenters. The minimum atomic E-state index is -0.482. The van der Waals surface area contributed by atoms with E-state index < -0.39 is 4.92 Å². The Kier molecular flexibility index (Phi) is 4.57. The highest BCUT2D eigenvalue weighted by molar-refractivity contribution is 5.88. The molecule has 0 aliphatic heterocycles. The Morgan fingerprint density at radius 3 is 2.92 bits per heavy atom. The van der Waals surface area contributed by atoms with Gasteiger partial charge in [0.2, 0.25) is 0 Å². The number of fused-ring (bicyclic) bond motifs is 1. The number of nitriles is 1. The van der Waals surface area contributed by atoms with Crippen LogP contribution in [0, 0.1) is 28.4 Å². The van der Waals surface area contributed by atoms with Crippen molar-refractivity contribution >= 4 is 22.4 Å². The zero-order chi connectivity index (χ0) is 17.8. The van der Waals surface area contributed by atoms with E-state index in [2.05, 4.69) is 26.6 Å². The number of nitrogens with zero attached hydrogens (tertiary/aromatic N) is 4. The molecular weight excluding hydrogens is 320 g/mol. The lowest BCUT2D eigenvalue weighted by atomic mass is 10.1. The molecule has 0 amide bonds. The van der Waals surface area contributed by atoms with Gasteiger partial charge in [0.25, 0.3) is 5.69 Å². The molecule has 0 bridgehead atoms. The highest BCUT2D eigenvalue weighted by Crippen LogP contribution is 2.24. The number of benzene rings is 1. The van der Waals surface area contributed by atoms with Crippen molar-refractivity contribution in [2.75, 3.05) is 11.9 Å². The number of nitro benzene ring substituents is 1. The highest BCUT2D eigenvalue weighted by atomic mass is 16.6. The van der Waals surface area contributed by atoms with Crippen LogP contribution in [0.4, 0.5) is 11.5 Å². The molecule has 3 rings (SSSR count). The number of non-ortho nitro benzene ring substituents is 1. The van der Waals surface area contributed by atoms with E-state index in [1.807, 2.05) is 13.1 Å². The first-order chi connectivity index (χ1) is 12.1. The van der Waals surface area contributed by atoms with E-state index in [0.717, 1.165) is 18.5 Å². The third kappa shape index (κ3) is 3.55. The fourth-order valence-corrected chi connectivity index (χ4v) is 2.63. The number of aryl methyl sites for hydroxylation is 2. The summed E-state index contributed by atoms with van der Waals surface area (Å²) in [5, 5.41) is 30.8. The standard InChI is InChI=1S/C17H16N6O2/c1-11-12(10-20-22-11)3-2-6-19-17-7-13(9-18)15-8-14(23(24)25)4-5-16(15)21-17/h4-5,7-8,10H,2-3,6H2,1H3,(H,19,21)(H,20,22). The molecule has 8 nitrogen and oxygen atoms in total. The SMILES string of the molecule is Cc1[nH]ncc1CCCNc1cc(C#N)c2cc([N+](=O)[O-])ccc2n1. The Hall–Kier alpha value is -3.47.